The van der Waals surface area contributed by atoms with Crippen LogP contribution in [0.5, 0.6) is 11.5 Å². The molecule has 0 spiro atoms. The van der Waals surface area contributed by atoms with Crippen LogP contribution >= 0.6 is 0 Å². The van der Waals surface area contributed by atoms with Crippen molar-refractivity contribution >= 4 is 30.9 Å². The van der Waals surface area contributed by atoms with Gasteiger partial charge in [0.25, 0.3) is 0 Å². The van der Waals surface area contributed by atoms with Crippen LogP contribution in [0.25, 0.3) is 16.6 Å². The van der Waals surface area contributed by atoms with E-state index in [-0.39, 0.29) is 24.5 Å². The number of fused-ring (bicyclic) bond motifs is 1. The zero-order valence-corrected chi connectivity index (χ0v) is 21.0. The lowest BCUT2D eigenvalue weighted by molar-refractivity contribution is 0.0219. The summed E-state index contributed by atoms with van der Waals surface area (Å²) in [4.78, 5) is 20.6. The van der Waals surface area contributed by atoms with Crippen molar-refractivity contribution in [2.45, 2.75) is 32.3 Å². The third kappa shape index (κ3) is 7.25. The van der Waals surface area contributed by atoms with Gasteiger partial charge in [0.15, 0.2) is 6.79 Å². The van der Waals surface area contributed by atoms with Crippen molar-refractivity contribution in [2.24, 2.45) is 10.7 Å². The SMILES string of the molecule is CN=CC(=CN)n1ccc(=O)c(COc2ccc3ncc(OCOCC[Si](C)(C)C)cc3c2)n1. The highest BCUT2D eigenvalue weighted by atomic mass is 28.3. The lowest BCUT2D eigenvalue weighted by Gasteiger charge is -2.15. The summed E-state index contributed by atoms with van der Waals surface area (Å²) >= 11 is 0. The fraction of sp³-hybridized carbons (Fsp3) is 0.333. The van der Waals surface area contributed by atoms with E-state index in [2.05, 4.69) is 34.7 Å². The molecular formula is C24H31N5O4Si. The van der Waals surface area contributed by atoms with Crippen LogP contribution in [0.2, 0.25) is 25.7 Å². The van der Waals surface area contributed by atoms with E-state index in [0.717, 1.165) is 16.9 Å². The van der Waals surface area contributed by atoms with Crippen LogP contribution in [0.4, 0.5) is 0 Å². The molecule has 0 aliphatic rings. The van der Waals surface area contributed by atoms with Crippen molar-refractivity contribution in [2.75, 3.05) is 20.4 Å². The topological polar surface area (TPSA) is 114 Å². The van der Waals surface area contributed by atoms with Crippen LogP contribution in [-0.4, -0.2) is 49.5 Å². The van der Waals surface area contributed by atoms with Gasteiger partial charge in [0.05, 0.1) is 17.4 Å². The number of aliphatic imine (C=N–C) groups is 1. The van der Waals surface area contributed by atoms with E-state index in [9.17, 15) is 4.79 Å². The van der Waals surface area contributed by atoms with Gasteiger partial charge in [-0.05, 0) is 30.3 Å². The molecule has 3 aromatic rings. The van der Waals surface area contributed by atoms with Crippen molar-refractivity contribution in [3.8, 4) is 11.5 Å². The molecule has 0 amide bonds. The summed E-state index contributed by atoms with van der Waals surface area (Å²) in [5.41, 5.74) is 6.99. The van der Waals surface area contributed by atoms with E-state index in [1.54, 1.807) is 25.5 Å². The number of rotatable bonds is 11. The molecule has 180 valence electrons. The number of nitrogens with zero attached hydrogens (tertiary/aromatic N) is 4. The Kier molecular flexibility index (Phi) is 8.55. The minimum absolute atomic E-state index is 0.000842. The van der Waals surface area contributed by atoms with Crippen molar-refractivity contribution in [3.05, 3.63) is 64.8 Å². The monoisotopic (exact) mass is 481 g/mol. The maximum Gasteiger partial charge on any atom is 0.206 e. The largest absolute Gasteiger partial charge is 0.487 e. The second-order valence-electron chi connectivity index (χ2n) is 8.85. The van der Waals surface area contributed by atoms with Crippen molar-refractivity contribution < 1.29 is 14.2 Å². The smallest absolute Gasteiger partial charge is 0.206 e. The molecule has 0 fully saturated rings. The molecule has 34 heavy (non-hydrogen) atoms. The summed E-state index contributed by atoms with van der Waals surface area (Å²) in [5, 5.41) is 5.16. The van der Waals surface area contributed by atoms with Gasteiger partial charge < -0.3 is 19.9 Å². The Morgan fingerprint density at radius 2 is 1.97 bits per heavy atom. The molecule has 9 nitrogen and oxygen atoms in total. The number of hydrogen-bond acceptors (Lipinski definition) is 8. The summed E-state index contributed by atoms with van der Waals surface area (Å²) in [6, 6.07) is 9.88. The lowest BCUT2D eigenvalue weighted by atomic mass is 10.2. The Morgan fingerprint density at radius 3 is 2.71 bits per heavy atom. The Labute approximate surface area is 199 Å². The highest BCUT2D eigenvalue weighted by Crippen LogP contribution is 2.23. The molecule has 0 atom stereocenters. The minimum atomic E-state index is -1.13. The molecule has 0 radical (unpaired) electrons. The second kappa shape index (κ2) is 11.6. The fourth-order valence-electron chi connectivity index (χ4n) is 2.96. The predicted molar refractivity (Wildman–Crippen MR) is 137 cm³/mol. The molecule has 2 N–H and O–H groups in total. The van der Waals surface area contributed by atoms with Crippen LogP contribution in [-0.2, 0) is 11.3 Å². The van der Waals surface area contributed by atoms with Gasteiger partial charge in [-0.2, -0.15) is 5.10 Å². The first kappa shape index (κ1) is 25.1. The van der Waals surface area contributed by atoms with E-state index in [0.29, 0.717) is 23.8 Å². The Hall–Kier alpha value is -3.50. The zero-order valence-electron chi connectivity index (χ0n) is 20.0. The molecule has 0 saturated carbocycles. The van der Waals surface area contributed by atoms with E-state index < -0.39 is 8.07 Å². The predicted octanol–water partition coefficient (Wildman–Crippen LogP) is 3.52. The average molecular weight is 482 g/mol. The van der Waals surface area contributed by atoms with E-state index in [1.165, 1.54) is 23.1 Å². The Bertz CT molecular complexity index is 1230. The van der Waals surface area contributed by atoms with Gasteiger partial charge in [0, 0.05) is 51.8 Å². The number of hydrogen-bond donors (Lipinski definition) is 1. The normalized spacial score (nSPS) is 12.4. The number of allylic oxidation sites excluding steroid dienone is 1. The van der Waals surface area contributed by atoms with Gasteiger partial charge in [0.1, 0.15) is 23.8 Å². The molecule has 3 rings (SSSR count). The van der Waals surface area contributed by atoms with Gasteiger partial charge >= 0.3 is 0 Å². The van der Waals surface area contributed by atoms with E-state index in [1.807, 2.05) is 18.2 Å². The van der Waals surface area contributed by atoms with Crippen molar-refractivity contribution in [3.63, 3.8) is 0 Å². The number of pyridine rings is 1. The summed E-state index contributed by atoms with van der Waals surface area (Å²) in [6.45, 7) is 7.80. The van der Waals surface area contributed by atoms with Gasteiger partial charge in [-0.3, -0.25) is 14.8 Å². The maximum atomic E-state index is 12.2. The van der Waals surface area contributed by atoms with Crippen LogP contribution in [0.3, 0.4) is 0 Å². The number of aromatic nitrogens is 3. The number of nitrogens with two attached hydrogens (primary N) is 1. The van der Waals surface area contributed by atoms with Gasteiger partial charge in [-0.15, -0.1) is 0 Å². The summed E-state index contributed by atoms with van der Waals surface area (Å²) in [7, 11) is 0.501. The molecule has 1 aromatic carbocycles. The fourth-order valence-corrected chi connectivity index (χ4v) is 3.72. The standard InChI is InChI=1S/C24H31N5O4Si/c1-26-14-19(13-25)29-8-7-24(30)23(28-29)16-32-20-5-6-22-18(11-20)12-21(15-27-22)33-17-31-9-10-34(2,3)4/h5-8,11-15H,9-10,16-17,25H2,1-4H3. The van der Waals surface area contributed by atoms with Crippen molar-refractivity contribution in [1.29, 1.82) is 0 Å². The molecule has 2 aromatic heterocycles. The molecule has 0 unspecified atom stereocenters. The number of benzene rings is 1. The molecule has 0 saturated heterocycles. The minimum Gasteiger partial charge on any atom is -0.487 e. The summed E-state index contributed by atoms with van der Waals surface area (Å²) < 4.78 is 18.6. The summed E-state index contributed by atoms with van der Waals surface area (Å²) in [5.74, 6) is 1.20. The van der Waals surface area contributed by atoms with Crippen LogP contribution in [0.1, 0.15) is 5.69 Å². The molecule has 0 aliphatic carbocycles. The lowest BCUT2D eigenvalue weighted by Crippen LogP contribution is -2.22. The highest BCUT2D eigenvalue weighted by Gasteiger charge is 2.12. The highest BCUT2D eigenvalue weighted by molar-refractivity contribution is 6.76. The van der Waals surface area contributed by atoms with E-state index >= 15 is 0 Å². The maximum absolute atomic E-state index is 12.2. The van der Waals surface area contributed by atoms with Crippen LogP contribution < -0.4 is 20.6 Å². The Balaban J connectivity index is 1.66. The van der Waals surface area contributed by atoms with Gasteiger partial charge in [-0.25, -0.2) is 4.68 Å². The molecule has 0 bridgehead atoms. The zero-order chi connectivity index (χ0) is 24.6. The molecule has 2 heterocycles. The second-order valence-corrected chi connectivity index (χ2v) is 14.5. The first-order valence-corrected chi connectivity index (χ1v) is 14.7. The first-order chi connectivity index (χ1) is 16.3. The van der Waals surface area contributed by atoms with E-state index in [4.69, 9.17) is 19.9 Å². The van der Waals surface area contributed by atoms with Crippen LogP contribution in [0, 0.1) is 0 Å². The van der Waals surface area contributed by atoms with Crippen LogP contribution in [0.15, 0.2) is 58.7 Å². The third-order valence-electron chi connectivity index (χ3n) is 4.89. The number of ether oxygens (including phenoxy) is 3. The molecule has 0 aliphatic heterocycles. The third-order valence-corrected chi connectivity index (χ3v) is 6.59. The quantitative estimate of drug-likeness (QED) is 0.193. The van der Waals surface area contributed by atoms with Gasteiger partial charge in [-0.1, -0.05) is 19.6 Å². The average Bonchev–Trinajstić information content (AvgIpc) is 2.81. The first-order valence-electron chi connectivity index (χ1n) is 11.0. The molecular weight excluding hydrogens is 450 g/mol. The molecule has 10 heteroatoms. The summed E-state index contributed by atoms with van der Waals surface area (Å²) in [6.07, 6.45) is 6.12. The van der Waals surface area contributed by atoms with Gasteiger partial charge in [0.2, 0.25) is 5.43 Å². The Morgan fingerprint density at radius 1 is 1.18 bits per heavy atom. The van der Waals surface area contributed by atoms with Crippen molar-refractivity contribution in [1.82, 2.24) is 14.8 Å².